The van der Waals surface area contributed by atoms with Gasteiger partial charge in [-0.15, -0.1) is 0 Å². The Bertz CT molecular complexity index is 1040. The lowest BCUT2D eigenvalue weighted by molar-refractivity contribution is -0.122. The van der Waals surface area contributed by atoms with Crippen molar-refractivity contribution in [2.45, 2.75) is 20.8 Å². The summed E-state index contributed by atoms with van der Waals surface area (Å²) in [5.74, 6) is -1.20. The molecule has 3 rings (SSSR count). The molecule has 1 saturated heterocycles. The highest BCUT2D eigenvalue weighted by molar-refractivity contribution is 6.40. The topological polar surface area (TPSA) is 75.7 Å². The first-order valence-electron chi connectivity index (χ1n) is 8.83. The minimum absolute atomic E-state index is 0.209. The molecule has 0 spiro atoms. The molecule has 1 N–H and O–H groups in total. The van der Waals surface area contributed by atoms with Crippen LogP contribution in [0.4, 0.5) is 10.5 Å². The number of carbonyl (C=O) groups excluding carboxylic acids is 3. The van der Waals surface area contributed by atoms with Crippen molar-refractivity contribution in [3.05, 3.63) is 62.6 Å². The second kappa shape index (κ2) is 8.27. The number of hydrogen-bond acceptors (Lipinski definition) is 4. The maximum atomic E-state index is 13.0. The van der Waals surface area contributed by atoms with Gasteiger partial charge >= 0.3 is 6.03 Å². The molecule has 0 aromatic heterocycles. The van der Waals surface area contributed by atoms with Gasteiger partial charge in [-0.1, -0.05) is 29.3 Å². The number of nitrogens with zero attached hydrogens (tertiary/aromatic N) is 1. The van der Waals surface area contributed by atoms with Crippen molar-refractivity contribution in [2.24, 2.45) is 0 Å². The lowest BCUT2D eigenvalue weighted by Crippen LogP contribution is -2.54. The summed E-state index contributed by atoms with van der Waals surface area (Å²) in [5, 5.41) is 2.69. The molecule has 0 radical (unpaired) electrons. The second-order valence-electron chi connectivity index (χ2n) is 6.47. The lowest BCUT2D eigenvalue weighted by Gasteiger charge is -2.27. The summed E-state index contributed by atoms with van der Waals surface area (Å²) >= 11 is 12.4. The number of anilines is 1. The van der Waals surface area contributed by atoms with Gasteiger partial charge in [0.05, 0.1) is 22.3 Å². The van der Waals surface area contributed by atoms with Crippen LogP contribution < -0.4 is 15.0 Å². The lowest BCUT2D eigenvalue weighted by atomic mass is 10.0. The molecule has 150 valence electrons. The first-order valence-corrected chi connectivity index (χ1v) is 9.59. The Morgan fingerprint density at radius 1 is 1.03 bits per heavy atom. The average molecular weight is 433 g/mol. The van der Waals surface area contributed by atoms with Crippen LogP contribution in [0.5, 0.6) is 5.75 Å². The number of halogens is 2. The summed E-state index contributed by atoms with van der Waals surface area (Å²) in [4.78, 5) is 38.5. The smallest absolute Gasteiger partial charge is 0.335 e. The molecule has 0 saturated carbocycles. The van der Waals surface area contributed by atoms with Crippen molar-refractivity contribution < 1.29 is 19.1 Å². The molecule has 8 heteroatoms. The number of rotatable bonds is 4. The monoisotopic (exact) mass is 432 g/mol. The fourth-order valence-corrected chi connectivity index (χ4v) is 3.48. The predicted molar refractivity (Wildman–Crippen MR) is 113 cm³/mol. The molecule has 2 aromatic rings. The first kappa shape index (κ1) is 20.9. The Morgan fingerprint density at radius 3 is 2.28 bits per heavy atom. The van der Waals surface area contributed by atoms with Crippen LogP contribution in [0.3, 0.4) is 0 Å². The summed E-state index contributed by atoms with van der Waals surface area (Å²) in [6.07, 6.45) is 1.34. The van der Waals surface area contributed by atoms with E-state index in [-0.39, 0.29) is 15.6 Å². The van der Waals surface area contributed by atoms with Crippen molar-refractivity contribution in [1.82, 2.24) is 5.32 Å². The number of imide groups is 2. The first-order chi connectivity index (χ1) is 13.7. The van der Waals surface area contributed by atoms with Crippen molar-refractivity contribution >= 4 is 52.8 Å². The molecular weight excluding hydrogens is 415 g/mol. The van der Waals surface area contributed by atoms with E-state index in [2.05, 4.69) is 5.32 Å². The van der Waals surface area contributed by atoms with Crippen LogP contribution in [-0.2, 0) is 9.59 Å². The Morgan fingerprint density at radius 2 is 1.69 bits per heavy atom. The van der Waals surface area contributed by atoms with Crippen LogP contribution in [0, 0.1) is 13.8 Å². The van der Waals surface area contributed by atoms with Crippen molar-refractivity contribution in [1.29, 1.82) is 0 Å². The van der Waals surface area contributed by atoms with E-state index >= 15 is 0 Å². The molecule has 2 aromatic carbocycles. The number of ether oxygens (including phenoxy) is 1. The molecule has 0 aliphatic carbocycles. The maximum Gasteiger partial charge on any atom is 0.335 e. The Labute approximate surface area is 178 Å². The van der Waals surface area contributed by atoms with E-state index in [1.165, 1.54) is 18.2 Å². The normalized spacial score (nSPS) is 15.7. The Balaban J connectivity index is 2.02. The molecule has 1 aliphatic heterocycles. The van der Waals surface area contributed by atoms with Gasteiger partial charge in [-0.05, 0) is 67.8 Å². The number of benzene rings is 2. The quantitative estimate of drug-likeness (QED) is 0.562. The second-order valence-corrected chi connectivity index (χ2v) is 7.29. The number of aryl methyl sites for hydroxylation is 2. The highest BCUT2D eigenvalue weighted by Crippen LogP contribution is 2.35. The number of urea groups is 1. The third-order valence-electron chi connectivity index (χ3n) is 4.47. The molecule has 29 heavy (non-hydrogen) atoms. The molecule has 4 amide bonds. The minimum Gasteiger partial charge on any atom is -0.491 e. The third kappa shape index (κ3) is 4.13. The van der Waals surface area contributed by atoms with E-state index in [0.717, 1.165) is 16.0 Å². The van der Waals surface area contributed by atoms with Crippen LogP contribution in [0.2, 0.25) is 10.0 Å². The average Bonchev–Trinajstić information content (AvgIpc) is 2.64. The zero-order chi connectivity index (χ0) is 21.3. The van der Waals surface area contributed by atoms with E-state index in [9.17, 15) is 14.4 Å². The molecule has 0 atom stereocenters. The van der Waals surface area contributed by atoms with Crippen LogP contribution in [-0.4, -0.2) is 24.5 Å². The van der Waals surface area contributed by atoms with Crippen molar-refractivity contribution in [2.75, 3.05) is 11.5 Å². The van der Waals surface area contributed by atoms with Crippen LogP contribution in [0.15, 0.2) is 35.9 Å². The SMILES string of the molecule is CCOc1c(Cl)cc(/C=C2\C(=O)NC(=O)N(c3ccc(C)c(C)c3)C2=O)cc1Cl. The Hall–Kier alpha value is -2.83. The van der Waals surface area contributed by atoms with Gasteiger partial charge in [0.1, 0.15) is 5.57 Å². The van der Waals surface area contributed by atoms with Crippen LogP contribution in [0.1, 0.15) is 23.6 Å². The number of amides is 4. The summed E-state index contributed by atoms with van der Waals surface area (Å²) in [5.41, 5.74) is 2.52. The minimum atomic E-state index is -0.803. The number of carbonyl (C=O) groups is 3. The molecule has 1 aliphatic rings. The fourth-order valence-electron chi connectivity index (χ4n) is 2.87. The predicted octanol–water partition coefficient (Wildman–Crippen LogP) is 4.68. The standard InChI is InChI=1S/C21H18Cl2N2O4/c1-4-29-18-16(22)9-13(10-17(18)23)8-15-19(26)24-21(28)25(20(15)27)14-6-5-11(2)12(3)7-14/h5-10H,4H2,1-3H3,(H,24,26,28)/b15-8+. The van der Waals surface area contributed by atoms with Crippen molar-refractivity contribution in [3.8, 4) is 5.75 Å². The summed E-state index contributed by atoms with van der Waals surface area (Å²) in [6, 6.07) is 7.42. The maximum absolute atomic E-state index is 13.0. The van der Waals surface area contributed by atoms with Gasteiger partial charge in [0.2, 0.25) is 0 Å². The molecular formula is C21H18Cl2N2O4. The summed E-state index contributed by atoms with van der Waals surface area (Å²) in [6.45, 7) is 5.97. The number of hydrogen-bond donors (Lipinski definition) is 1. The third-order valence-corrected chi connectivity index (χ3v) is 5.03. The molecule has 6 nitrogen and oxygen atoms in total. The number of nitrogens with one attached hydrogen (secondary N) is 1. The highest BCUT2D eigenvalue weighted by Gasteiger charge is 2.37. The van der Waals surface area contributed by atoms with Crippen LogP contribution in [0.25, 0.3) is 6.08 Å². The van der Waals surface area contributed by atoms with Gasteiger partial charge in [-0.3, -0.25) is 14.9 Å². The molecule has 1 fully saturated rings. The zero-order valence-electron chi connectivity index (χ0n) is 16.0. The van der Waals surface area contributed by atoms with E-state index in [1.807, 2.05) is 13.8 Å². The van der Waals surface area contributed by atoms with E-state index in [4.69, 9.17) is 27.9 Å². The van der Waals surface area contributed by atoms with Gasteiger partial charge in [0, 0.05) is 0 Å². The molecule has 0 bridgehead atoms. The van der Waals surface area contributed by atoms with E-state index < -0.39 is 17.8 Å². The summed E-state index contributed by atoms with van der Waals surface area (Å²) < 4.78 is 5.38. The fraction of sp³-hybridized carbons (Fsp3) is 0.190. The largest absolute Gasteiger partial charge is 0.491 e. The Kier molecular flexibility index (Phi) is 5.96. The molecule has 1 heterocycles. The highest BCUT2D eigenvalue weighted by atomic mass is 35.5. The van der Waals surface area contributed by atoms with Crippen molar-refractivity contribution in [3.63, 3.8) is 0 Å². The van der Waals surface area contributed by atoms with Crippen LogP contribution >= 0.6 is 23.2 Å². The van der Waals surface area contributed by atoms with Gasteiger partial charge < -0.3 is 4.74 Å². The van der Waals surface area contributed by atoms with Gasteiger partial charge in [-0.25, -0.2) is 9.69 Å². The van der Waals surface area contributed by atoms with E-state index in [0.29, 0.717) is 23.6 Å². The van der Waals surface area contributed by atoms with E-state index in [1.54, 1.807) is 25.1 Å². The van der Waals surface area contributed by atoms with Gasteiger partial charge in [0.15, 0.2) is 5.75 Å². The van der Waals surface area contributed by atoms with Gasteiger partial charge in [0.25, 0.3) is 11.8 Å². The van der Waals surface area contributed by atoms with Gasteiger partial charge in [-0.2, -0.15) is 0 Å². The number of barbiturate groups is 1. The molecule has 0 unspecified atom stereocenters. The zero-order valence-corrected chi connectivity index (χ0v) is 17.5. The summed E-state index contributed by atoms with van der Waals surface area (Å²) in [7, 11) is 0.